The quantitative estimate of drug-likeness (QED) is 0.829. The Labute approximate surface area is 106 Å². The summed E-state index contributed by atoms with van der Waals surface area (Å²) >= 11 is 0. The normalized spacial score (nSPS) is 19.7. The Bertz CT molecular complexity index is 459. The van der Waals surface area contributed by atoms with E-state index in [0.29, 0.717) is 12.1 Å². The lowest BCUT2D eigenvalue weighted by Crippen LogP contribution is -2.38. The molecule has 96 valence electrons. The Morgan fingerprint density at radius 1 is 1.56 bits per heavy atom. The third-order valence-electron chi connectivity index (χ3n) is 3.20. The lowest BCUT2D eigenvalue weighted by atomic mass is 10.2. The van der Waals surface area contributed by atoms with Gasteiger partial charge in [0.1, 0.15) is 5.82 Å². The molecule has 18 heavy (non-hydrogen) atoms. The molecule has 0 aromatic heterocycles. The Morgan fingerprint density at radius 3 is 3.11 bits per heavy atom. The van der Waals surface area contributed by atoms with E-state index in [4.69, 9.17) is 5.73 Å². The average Bonchev–Trinajstić information content (AvgIpc) is 2.84. The summed E-state index contributed by atoms with van der Waals surface area (Å²) in [7, 11) is 0. The molecule has 2 N–H and O–H groups in total. The van der Waals surface area contributed by atoms with Crippen LogP contribution in [-0.2, 0) is 4.79 Å². The molecule has 1 aliphatic rings. The van der Waals surface area contributed by atoms with Crippen LogP contribution in [0.5, 0.6) is 0 Å². The molecule has 1 saturated heterocycles. The number of rotatable bonds is 3. The first-order valence-electron chi connectivity index (χ1n) is 6.15. The Hall–Kier alpha value is -1.68. The lowest BCUT2D eigenvalue weighted by molar-refractivity contribution is -0.126. The van der Waals surface area contributed by atoms with E-state index in [2.05, 4.69) is 0 Å². The fourth-order valence-electron chi connectivity index (χ4n) is 2.24. The van der Waals surface area contributed by atoms with Gasteiger partial charge in [-0.1, -0.05) is 12.1 Å². The van der Waals surface area contributed by atoms with Crippen LogP contribution in [0.2, 0.25) is 0 Å². The molecular weight excluding hydrogens is 231 g/mol. The van der Waals surface area contributed by atoms with E-state index in [-0.39, 0.29) is 17.8 Å². The van der Waals surface area contributed by atoms with E-state index < -0.39 is 0 Å². The van der Waals surface area contributed by atoms with Crippen LogP contribution in [-0.4, -0.2) is 29.9 Å². The van der Waals surface area contributed by atoms with Crippen molar-refractivity contribution in [1.29, 1.82) is 0 Å². The highest BCUT2D eigenvalue weighted by Crippen LogP contribution is 2.17. The molecule has 1 atom stereocenters. The third kappa shape index (κ3) is 2.96. The maximum absolute atomic E-state index is 13.0. The van der Waals surface area contributed by atoms with Crippen LogP contribution < -0.4 is 5.73 Å². The number of carbonyl (C=O) groups is 1. The van der Waals surface area contributed by atoms with Crippen LogP contribution >= 0.6 is 0 Å². The molecule has 1 aromatic rings. The first-order chi connectivity index (χ1) is 8.70. The molecule has 2 rings (SSSR count). The predicted molar refractivity (Wildman–Crippen MR) is 69.2 cm³/mol. The fourth-order valence-corrected chi connectivity index (χ4v) is 2.24. The topological polar surface area (TPSA) is 46.3 Å². The summed E-state index contributed by atoms with van der Waals surface area (Å²) < 4.78 is 13.0. The van der Waals surface area contributed by atoms with Gasteiger partial charge in [-0.2, -0.15) is 0 Å². The van der Waals surface area contributed by atoms with Gasteiger partial charge < -0.3 is 10.6 Å². The molecule has 1 heterocycles. The Kier molecular flexibility index (Phi) is 4.10. The SMILES string of the molecule is NCC1CCCN1C(=O)/C=C/c1cccc(F)c1. The standard InChI is InChI=1S/C14H17FN2O/c15-12-4-1-3-11(9-12)6-7-14(18)17-8-2-5-13(17)10-16/h1,3-4,6-7,9,13H,2,5,8,10,16H2/b7-6+. The van der Waals surface area contributed by atoms with Gasteiger partial charge in [-0.25, -0.2) is 4.39 Å². The minimum atomic E-state index is -0.300. The summed E-state index contributed by atoms with van der Waals surface area (Å²) in [5, 5.41) is 0. The van der Waals surface area contributed by atoms with E-state index in [0.717, 1.165) is 19.4 Å². The van der Waals surface area contributed by atoms with Gasteiger partial charge in [-0.15, -0.1) is 0 Å². The molecule has 0 radical (unpaired) electrons. The van der Waals surface area contributed by atoms with Crippen molar-refractivity contribution in [3.63, 3.8) is 0 Å². The number of hydrogen-bond acceptors (Lipinski definition) is 2. The first kappa shape index (κ1) is 12.8. The molecule has 0 aliphatic carbocycles. The molecule has 1 fully saturated rings. The van der Waals surface area contributed by atoms with E-state index in [9.17, 15) is 9.18 Å². The summed E-state index contributed by atoms with van der Waals surface area (Å²) in [6, 6.07) is 6.31. The second-order valence-electron chi connectivity index (χ2n) is 4.45. The number of benzene rings is 1. The highest BCUT2D eigenvalue weighted by molar-refractivity contribution is 5.92. The maximum Gasteiger partial charge on any atom is 0.246 e. The zero-order valence-electron chi connectivity index (χ0n) is 10.2. The van der Waals surface area contributed by atoms with E-state index in [1.165, 1.54) is 18.2 Å². The van der Waals surface area contributed by atoms with Crippen LogP contribution in [0.1, 0.15) is 18.4 Å². The van der Waals surface area contributed by atoms with E-state index in [1.54, 1.807) is 23.1 Å². The second kappa shape index (κ2) is 5.78. The van der Waals surface area contributed by atoms with Gasteiger partial charge in [0.2, 0.25) is 5.91 Å². The summed E-state index contributed by atoms with van der Waals surface area (Å²) in [5.74, 6) is -0.349. The minimum absolute atomic E-state index is 0.0489. The summed E-state index contributed by atoms with van der Waals surface area (Å²) in [6.45, 7) is 1.26. The molecule has 4 heteroatoms. The predicted octanol–water partition coefficient (Wildman–Crippen LogP) is 1.79. The molecule has 1 unspecified atom stereocenters. The zero-order chi connectivity index (χ0) is 13.0. The van der Waals surface area contributed by atoms with Gasteiger partial charge in [0.25, 0.3) is 0 Å². The van der Waals surface area contributed by atoms with Gasteiger partial charge in [0.05, 0.1) is 0 Å². The molecule has 1 amide bonds. The van der Waals surface area contributed by atoms with Crippen molar-refractivity contribution in [3.05, 3.63) is 41.7 Å². The van der Waals surface area contributed by atoms with Crippen molar-refractivity contribution in [3.8, 4) is 0 Å². The second-order valence-corrected chi connectivity index (χ2v) is 4.45. The van der Waals surface area contributed by atoms with Crippen LogP contribution in [0.25, 0.3) is 6.08 Å². The van der Waals surface area contributed by atoms with Gasteiger partial charge in [0, 0.05) is 25.2 Å². The molecule has 0 saturated carbocycles. The fraction of sp³-hybridized carbons (Fsp3) is 0.357. The number of hydrogen-bond donors (Lipinski definition) is 1. The lowest BCUT2D eigenvalue weighted by Gasteiger charge is -2.21. The van der Waals surface area contributed by atoms with Crippen molar-refractivity contribution in [1.82, 2.24) is 4.90 Å². The number of carbonyl (C=O) groups excluding carboxylic acids is 1. The van der Waals surface area contributed by atoms with E-state index >= 15 is 0 Å². The molecule has 0 spiro atoms. The smallest absolute Gasteiger partial charge is 0.246 e. The number of likely N-dealkylation sites (tertiary alicyclic amines) is 1. The highest BCUT2D eigenvalue weighted by atomic mass is 19.1. The largest absolute Gasteiger partial charge is 0.335 e. The number of amides is 1. The number of nitrogens with zero attached hydrogens (tertiary/aromatic N) is 1. The summed E-state index contributed by atoms with van der Waals surface area (Å²) in [5.41, 5.74) is 6.31. The van der Waals surface area contributed by atoms with Gasteiger partial charge in [-0.05, 0) is 36.6 Å². The summed E-state index contributed by atoms with van der Waals surface area (Å²) in [6.07, 6.45) is 5.09. The average molecular weight is 248 g/mol. The molecule has 0 bridgehead atoms. The molecule has 3 nitrogen and oxygen atoms in total. The van der Waals surface area contributed by atoms with Crippen LogP contribution in [0.3, 0.4) is 0 Å². The number of nitrogens with two attached hydrogens (primary N) is 1. The van der Waals surface area contributed by atoms with Crippen LogP contribution in [0, 0.1) is 5.82 Å². The number of halogens is 1. The summed E-state index contributed by atoms with van der Waals surface area (Å²) in [4.78, 5) is 13.8. The van der Waals surface area contributed by atoms with Crippen molar-refractivity contribution in [2.24, 2.45) is 5.73 Å². The first-order valence-corrected chi connectivity index (χ1v) is 6.15. The highest BCUT2D eigenvalue weighted by Gasteiger charge is 2.25. The van der Waals surface area contributed by atoms with E-state index in [1.807, 2.05) is 0 Å². The zero-order valence-corrected chi connectivity index (χ0v) is 10.2. The maximum atomic E-state index is 13.0. The minimum Gasteiger partial charge on any atom is -0.335 e. The Balaban J connectivity index is 2.02. The van der Waals surface area contributed by atoms with Crippen LogP contribution in [0.4, 0.5) is 4.39 Å². The van der Waals surface area contributed by atoms with Crippen LogP contribution in [0.15, 0.2) is 30.3 Å². The van der Waals surface area contributed by atoms with Gasteiger partial charge in [-0.3, -0.25) is 4.79 Å². The van der Waals surface area contributed by atoms with Crippen molar-refractivity contribution < 1.29 is 9.18 Å². The molecule has 1 aromatic carbocycles. The monoisotopic (exact) mass is 248 g/mol. The van der Waals surface area contributed by atoms with Crippen molar-refractivity contribution in [2.45, 2.75) is 18.9 Å². The van der Waals surface area contributed by atoms with Crippen molar-refractivity contribution in [2.75, 3.05) is 13.1 Å². The molecular formula is C14H17FN2O. The Morgan fingerprint density at radius 2 is 2.39 bits per heavy atom. The van der Waals surface area contributed by atoms with Gasteiger partial charge in [0.15, 0.2) is 0 Å². The third-order valence-corrected chi connectivity index (χ3v) is 3.20. The van der Waals surface area contributed by atoms with Crippen molar-refractivity contribution >= 4 is 12.0 Å². The molecule has 1 aliphatic heterocycles. The van der Waals surface area contributed by atoms with Gasteiger partial charge >= 0.3 is 0 Å².